The maximum absolute atomic E-state index is 4.59. The molecular formula is C23H26N2. The minimum Gasteiger partial charge on any atom is -0.307 e. The fraction of sp³-hybridized carbons (Fsp3) is 0.348. The molecule has 0 bridgehead atoms. The highest BCUT2D eigenvalue weighted by atomic mass is 14.9. The predicted octanol–water partition coefficient (Wildman–Crippen LogP) is 5.61. The second-order valence-corrected chi connectivity index (χ2v) is 7.27. The number of rotatable bonds is 4. The van der Waals surface area contributed by atoms with E-state index < -0.39 is 0 Å². The van der Waals surface area contributed by atoms with Gasteiger partial charge in [0.15, 0.2) is 0 Å². The van der Waals surface area contributed by atoms with Gasteiger partial charge in [0.05, 0.1) is 0 Å². The first-order valence-electron chi connectivity index (χ1n) is 9.46. The minimum atomic E-state index is 0.360. The normalized spacial score (nSPS) is 22.0. The van der Waals surface area contributed by atoms with Crippen molar-refractivity contribution >= 4 is 10.8 Å². The van der Waals surface area contributed by atoms with Gasteiger partial charge in [-0.25, -0.2) is 0 Å². The van der Waals surface area contributed by atoms with Gasteiger partial charge >= 0.3 is 0 Å². The van der Waals surface area contributed by atoms with E-state index in [0.717, 1.165) is 0 Å². The summed E-state index contributed by atoms with van der Waals surface area (Å²) < 4.78 is 0. The van der Waals surface area contributed by atoms with Crippen molar-refractivity contribution in [2.75, 3.05) is 0 Å². The first-order valence-corrected chi connectivity index (χ1v) is 9.46. The maximum Gasteiger partial charge on any atom is 0.0435 e. The maximum atomic E-state index is 4.59. The molecule has 1 N–H and O–H groups in total. The Balaban J connectivity index is 1.49. The van der Waals surface area contributed by atoms with Crippen molar-refractivity contribution in [3.05, 3.63) is 78.1 Å². The van der Waals surface area contributed by atoms with E-state index in [-0.39, 0.29) is 0 Å². The lowest BCUT2D eigenvalue weighted by molar-refractivity contribution is 0.316. The molecule has 1 aromatic heterocycles. The van der Waals surface area contributed by atoms with Crippen molar-refractivity contribution in [3.8, 4) is 0 Å². The molecule has 128 valence electrons. The SMILES string of the molecule is CC(NC1CCCC(c2ccccn2)C1)c1cccc2ccccc12. The highest BCUT2D eigenvalue weighted by molar-refractivity contribution is 5.86. The van der Waals surface area contributed by atoms with Crippen LogP contribution in [0.3, 0.4) is 0 Å². The zero-order valence-corrected chi connectivity index (χ0v) is 14.9. The van der Waals surface area contributed by atoms with Crippen LogP contribution in [-0.4, -0.2) is 11.0 Å². The molecule has 2 aromatic carbocycles. The summed E-state index contributed by atoms with van der Waals surface area (Å²) in [6.07, 6.45) is 6.91. The number of aromatic nitrogens is 1. The second-order valence-electron chi connectivity index (χ2n) is 7.27. The number of hydrogen-bond donors (Lipinski definition) is 1. The Labute approximate surface area is 150 Å². The Morgan fingerprint density at radius 1 is 0.960 bits per heavy atom. The van der Waals surface area contributed by atoms with Gasteiger partial charge in [-0.2, -0.15) is 0 Å². The van der Waals surface area contributed by atoms with E-state index >= 15 is 0 Å². The van der Waals surface area contributed by atoms with Gasteiger partial charge in [0.25, 0.3) is 0 Å². The van der Waals surface area contributed by atoms with Crippen LogP contribution in [0.4, 0.5) is 0 Å². The zero-order valence-electron chi connectivity index (χ0n) is 14.9. The first kappa shape index (κ1) is 16.3. The van der Waals surface area contributed by atoms with Crippen LogP contribution in [0, 0.1) is 0 Å². The lowest BCUT2D eigenvalue weighted by Gasteiger charge is -2.32. The fourth-order valence-corrected chi connectivity index (χ4v) is 4.30. The Morgan fingerprint density at radius 2 is 1.80 bits per heavy atom. The number of hydrogen-bond acceptors (Lipinski definition) is 2. The van der Waals surface area contributed by atoms with Crippen LogP contribution in [0.25, 0.3) is 10.8 Å². The Hall–Kier alpha value is -2.19. The molecule has 2 heteroatoms. The molecule has 0 radical (unpaired) electrons. The Morgan fingerprint density at radius 3 is 2.68 bits per heavy atom. The van der Waals surface area contributed by atoms with E-state index in [1.165, 1.54) is 47.7 Å². The van der Waals surface area contributed by atoms with E-state index in [1.54, 1.807) is 0 Å². The monoisotopic (exact) mass is 330 g/mol. The Kier molecular flexibility index (Phi) is 4.80. The Bertz CT molecular complexity index is 822. The predicted molar refractivity (Wildman–Crippen MR) is 105 cm³/mol. The molecule has 0 aliphatic heterocycles. The molecule has 0 saturated heterocycles. The van der Waals surface area contributed by atoms with Gasteiger partial charge in [-0.05, 0) is 54.7 Å². The summed E-state index contributed by atoms with van der Waals surface area (Å²) in [6, 6.07) is 22.5. The van der Waals surface area contributed by atoms with Crippen LogP contribution < -0.4 is 5.32 Å². The van der Waals surface area contributed by atoms with Gasteiger partial charge in [-0.3, -0.25) is 4.98 Å². The highest BCUT2D eigenvalue weighted by Crippen LogP contribution is 2.33. The molecule has 1 saturated carbocycles. The van der Waals surface area contributed by atoms with E-state index in [0.29, 0.717) is 18.0 Å². The lowest BCUT2D eigenvalue weighted by Crippen LogP contribution is -2.35. The third-order valence-electron chi connectivity index (χ3n) is 5.56. The van der Waals surface area contributed by atoms with Gasteiger partial charge in [0, 0.05) is 29.9 Å². The number of benzene rings is 2. The van der Waals surface area contributed by atoms with Crippen LogP contribution in [0.5, 0.6) is 0 Å². The first-order chi connectivity index (χ1) is 12.3. The largest absolute Gasteiger partial charge is 0.307 e. The molecule has 0 spiro atoms. The minimum absolute atomic E-state index is 0.360. The third-order valence-corrected chi connectivity index (χ3v) is 5.56. The van der Waals surface area contributed by atoms with Gasteiger partial charge in [0.1, 0.15) is 0 Å². The molecule has 2 nitrogen and oxygen atoms in total. The smallest absolute Gasteiger partial charge is 0.0435 e. The molecule has 3 aromatic rings. The molecule has 1 aliphatic rings. The van der Waals surface area contributed by atoms with Crippen LogP contribution in [0.1, 0.15) is 55.8 Å². The van der Waals surface area contributed by atoms with Gasteiger partial charge < -0.3 is 5.32 Å². The molecule has 1 fully saturated rings. The summed E-state index contributed by atoms with van der Waals surface area (Å²) >= 11 is 0. The van der Waals surface area contributed by atoms with Crippen molar-refractivity contribution < 1.29 is 0 Å². The highest BCUT2D eigenvalue weighted by Gasteiger charge is 2.25. The topological polar surface area (TPSA) is 24.9 Å². The van der Waals surface area contributed by atoms with Gasteiger partial charge in [0.2, 0.25) is 0 Å². The van der Waals surface area contributed by atoms with E-state index in [9.17, 15) is 0 Å². The summed E-state index contributed by atoms with van der Waals surface area (Å²) in [7, 11) is 0. The van der Waals surface area contributed by atoms with Gasteiger partial charge in [-0.15, -0.1) is 0 Å². The van der Waals surface area contributed by atoms with E-state index in [1.807, 2.05) is 12.3 Å². The summed E-state index contributed by atoms with van der Waals surface area (Å²) in [5.41, 5.74) is 2.66. The molecule has 1 aliphatic carbocycles. The number of fused-ring (bicyclic) bond motifs is 1. The van der Waals surface area contributed by atoms with Crippen molar-refractivity contribution in [3.63, 3.8) is 0 Å². The van der Waals surface area contributed by atoms with Crippen molar-refractivity contribution in [1.29, 1.82) is 0 Å². The molecular weight excluding hydrogens is 304 g/mol. The number of pyridine rings is 1. The van der Waals surface area contributed by atoms with E-state index in [2.05, 4.69) is 71.8 Å². The van der Waals surface area contributed by atoms with E-state index in [4.69, 9.17) is 0 Å². The summed E-state index contributed by atoms with van der Waals surface area (Å²) in [5, 5.41) is 6.59. The number of nitrogens with zero attached hydrogens (tertiary/aromatic N) is 1. The van der Waals surface area contributed by atoms with Crippen molar-refractivity contribution in [2.45, 2.75) is 50.6 Å². The van der Waals surface area contributed by atoms with Crippen LogP contribution >= 0.6 is 0 Å². The third kappa shape index (κ3) is 3.59. The van der Waals surface area contributed by atoms with Gasteiger partial charge in [-0.1, -0.05) is 55.0 Å². The van der Waals surface area contributed by atoms with Crippen LogP contribution in [-0.2, 0) is 0 Å². The fourth-order valence-electron chi connectivity index (χ4n) is 4.30. The van der Waals surface area contributed by atoms with Crippen LogP contribution in [0.15, 0.2) is 66.9 Å². The summed E-state index contributed by atoms with van der Waals surface area (Å²) in [6.45, 7) is 2.30. The molecule has 1 heterocycles. The zero-order chi connectivity index (χ0) is 17.1. The molecule has 25 heavy (non-hydrogen) atoms. The standard InChI is InChI=1S/C23H26N2/c1-17(21-13-7-9-18-8-2-3-12-22(18)21)25-20-11-6-10-19(16-20)23-14-4-5-15-24-23/h2-5,7-9,12-15,17,19-20,25H,6,10-11,16H2,1H3. The molecule has 0 amide bonds. The quantitative estimate of drug-likeness (QED) is 0.672. The molecule has 4 rings (SSSR count). The molecule has 3 atom stereocenters. The van der Waals surface area contributed by atoms with Crippen LogP contribution in [0.2, 0.25) is 0 Å². The average molecular weight is 330 g/mol. The lowest BCUT2D eigenvalue weighted by atomic mass is 9.83. The average Bonchev–Trinajstić information content (AvgIpc) is 2.68. The van der Waals surface area contributed by atoms with Crippen molar-refractivity contribution in [2.24, 2.45) is 0 Å². The summed E-state index contributed by atoms with van der Waals surface area (Å²) in [4.78, 5) is 4.59. The molecule has 3 unspecified atom stereocenters. The number of nitrogens with one attached hydrogen (secondary N) is 1. The summed E-state index contributed by atoms with van der Waals surface area (Å²) in [5.74, 6) is 0.590. The van der Waals surface area contributed by atoms with Crippen molar-refractivity contribution in [1.82, 2.24) is 10.3 Å². The second kappa shape index (κ2) is 7.37.